The van der Waals surface area contributed by atoms with E-state index in [9.17, 15) is 9.59 Å². The van der Waals surface area contributed by atoms with Gasteiger partial charge in [-0.15, -0.1) is 0 Å². The van der Waals surface area contributed by atoms with Gasteiger partial charge in [-0.05, 0) is 37.0 Å². The number of hydrogen-bond donors (Lipinski definition) is 1. The number of hydrogen-bond acceptors (Lipinski definition) is 3. The molecule has 5 heteroatoms. The van der Waals surface area contributed by atoms with Crippen molar-refractivity contribution in [2.24, 2.45) is 5.92 Å². The molecule has 3 rings (SSSR count). The van der Waals surface area contributed by atoms with E-state index in [0.29, 0.717) is 12.5 Å². The second-order valence-electron chi connectivity index (χ2n) is 6.36. The molecule has 1 aliphatic heterocycles. The highest BCUT2D eigenvalue weighted by Gasteiger charge is 2.23. The van der Waals surface area contributed by atoms with E-state index >= 15 is 0 Å². The van der Waals surface area contributed by atoms with Crippen LogP contribution in [0.4, 0.5) is 5.69 Å². The maximum atomic E-state index is 12.0. The Morgan fingerprint density at radius 1 is 1.21 bits per heavy atom. The molecule has 2 heterocycles. The van der Waals surface area contributed by atoms with Gasteiger partial charge >= 0.3 is 0 Å². The van der Waals surface area contributed by atoms with Gasteiger partial charge in [-0.3, -0.25) is 9.59 Å². The standard InChI is InChI=1S/C19H23N3O2/c1-15-6-2-3-7-17(15)21-11-9-16(13-21)12-20-18(23)14-22-10-5-4-8-19(22)24/h2-8,10,16H,9,11-14H2,1H3,(H,20,23)/t16-/m0/s1. The minimum Gasteiger partial charge on any atom is -0.371 e. The van der Waals surface area contributed by atoms with Gasteiger partial charge in [0.2, 0.25) is 5.91 Å². The van der Waals surface area contributed by atoms with Crippen molar-refractivity contribution in [1.82, 2.24) is 9.88 Å². The largest absolute Gasteiger partial charge is 0.371 e. The second-order valence-corrected chi connectivity index (χ2v) is 6.36. The number of anilines is 1. The zero-order valence-electron chi connectivity index (χ0n) is 13.9. The quantitative estimate of drug-likeness (QED) is 0.912. The van der Waals surface area contributed by atoms with Crippen LogP contribution >= 0.6 is 0 Å². The third-order valence-electron chi connectivity index (χ3n) is 4.54. The van der Waals surface area contributed by atoms with Gasteiger partial charge in [0.15, 0.2) is 0 Å². The Labute approximate surface area is 141 Å². The molecule has 2 aromatic rings. The lowest BCUT2D eigenvalue weighted by Gasteiger charge is -2.21. The normalized spacial score (nSPS) is 17.0. The fourth-order valence-corrected chi connectivity index (χ4v) is 3.20. The van der Waals surface area contributed by atoms with Crippen molar-refractivity contribution in [3.8, 4) is 0 Å². The Kier molecular flexibility index (Phi) is 4.99. The molecule has 1 aromatic heterocycles. The van der Waals surface area contributed by atoms with Crippen molar-refractivity contribution < 1.29 is 4.79 Å². The second kappa shape index (κ2) is 7.34. The molecule has 5 nitrogen and oxygen atoms in total. The maximum absolute atomic E-state index is 12.0. The molecule has 1 fully saturated rings. The van der Waals surface area contributed by atoms with Crippen LogP contribution in [0.5, 0.6) is 0 Å². The van der Waals surface area contributed by atoms with E-state index in [1.165, 1.54) is 21.9 Å². The SMILES string of the molecule is Cc1ccccc1N1CC[C@@H](CNC(=O)Cn2ccccc2=O)C1. The Morgan fingerprint density at radius 2 is 2.00 bits per heavy atom. The van der Waals surface area contributed by atoms with Crippen molar-refractivity contribution in [3.05, 3.63) is 64.6 Å². The molecule has 1 aliphatic rings. The van der Waals surface area contributed by atoms with E-state index < -0.39 is 0 Å². The summed E-state index contributed by atoms with van der Waals surface area (Å²) in [4.78, 5) is 26.0. The smallest absolute Gasteiger partial charge is 0.250 e. The molecule has 1 saturated heterocycles. The van der Waals surface area contributed by atoms with Gasteiger partial charge in [0, 0.05) is 37.6 Å². The summed E-state index contributed by atoms with van der Waals surface area (Å²) in [7, 11) is 0. The average Bonchev–Trinajstić information content (AvgIpc) is 3.04. The first-order chi connectivity index (χ1) is 11.6. The van der Waals surface area contributed by atoms with Crippen molar-refractivity contribution in [1.29, 1.82) is 0 Å². The first kappa shape index (κ1) is 16.3. The van der Waals surface area contributed by atoms with E-state index in [0.717, 1.165) is 19.5 Å². The average molecular weight is 325 g/mol. The predicted molar refractivity (Wildman–Crippen MR) is 95.2 cm³/mol. The lowest BCUT2D eigenvalue weighted by molar-refractivity contribution is -0.121. The van der Waals surface area contributed by atoms with E-state index in [1.54, 1.807) is 18.3 Å². The van der Waals surface area contributed by atoms with Gasteiger partial charge in [0.1, 0.15) is 6.54 Å². The van der Waals surface area contributed by atoms with Crippen molar-refractivity contribution in [3.63, 3.8) is 0 Å². The summed E-state index contributed by atoms with van der Waals surface area (Å²) in [5.41, 5.74) is 2.41. The lowest BCUT2D eigenvalue weighted by atomic mass is 10.1. The summed E-state index contributed by atoms with van der Waals surface area (Å²) in [6, 6.07) is 13.3. The first-order valence-corrected chi connectivity index (χ1v) is 8.36. The molecule has 0 unspecified atom stereocenters. The molecule has 0 bridgehead atoms. The van der Waals surface area contributed by atoms with Gasteiger partial charge < -0.3 is 14.8 Å². The monoisotopic (exact) mass is 325 g/mol. The topological polar surface area (TPSA) is 54.3 Å². The Balaban J connectivity index is 1.50. The fourth-order valence-electron chi connectivity index (χ4n) is 3.20. The minimum atomic E-state index is -0.153. The summed E-state index contributed by atoms with van der Waals surface area (Å²) in [6.07, 6.45) is 2.71. The number of aromatic nitrogens is 1. The number of carbonyl (C=O) groups is 1. The van der Waals surface area contributed by atoms with Gasteiger partial charge in [-0.25, -0.2) is 0 Å². The van der Waals surface area contributed by atoms with Crippen LogP contribution in [-0.2, 0) is 11.3 Å². The summed E-state index contributed by atoms with van der Waals surface area (Å²) in [5, 5.41) is 2.96. The maximum Gasteiger partial charge on any atom is 0.250 e. The molecule has 0 spiro atoms. The highest BCUT2D eigenvalue weighted by molar-refractivity contribution is 5.75. The minimum absolute atomic E-state index is 0.0773. The van der Waals surface area contributed by atoms with Crippen LogP contribution in [0.2, 0.25) is 0 Å². The van der Waals surface area contributed by atoms with Crippen LogP contribution in [0, 0.1) is 12.8 Å². The highest BCUT2D eigenvalue weighted by atomic mass is 16.2. The molecular weight excluding hydrogens is 302 g/mol. The Bertz CT molecular complexity index is 769. The molecule has 1 aromatic carbocycles. The molecule has 126 valence electrons. The fraction of sp³-hybridized carbons (Fsp3) is 0.368. The number of carbonyl (C=O) groups excluding carboxylic acids is 1. The van der Waals surface area contributed by atoms with Crippen molar-refractivity contribution in [2.45, 2.75) is 19.9 Å². The molecule has 0 aliphatic carbocycles. The number of aryl methyl sites for hydroxylation is 1. The van der Waals surface area contributed by atoms with Crippen LogP contribution in [0.25, 0.3) is 0 Å². The highest BCUT2D eigenvalue weighted by Crippen LogP contribution is 2.26. The van der Waals surface area contributed by atoms with Crippen LogP contribution in [0.1, 0.15) is 12.0 Å². The number of benzene rings is 1. The van der Waals surface area contributed by atoms with E-state index in [-0.39, 0.29) is 18.0 Å². The molecule has 0 saturated carbocycles. The number of rotatable bonds is 5. The molecule has 0 radical (unpaired) electrons. The van der Waals surface area contributed by atoms with Gasteiger partial charge in [0.05, 0.1) is 0 Å². The summed E-state index contributed by atoms with van der Waals surface area (Å²) in [5.74, 6) is 0.332. The zero-order chi connectivity index (χ0) is 16.9. The number of amides is 1. The third-order valence-corrected chi connectivity index (χ3v) is 4.54. The predicted octanol–water partition coefficient (Wildman–Crippen LogP) is 1.80. The molecule has 1 atom stereocenters. The number of nitrogens with one attached hydrogen (secondary N) is 1. The van der Waals surface area contributed by atoms with Crippen molar-refractivity contribution >= 4 is 11.6 Å². The molecule has 1 N–H and O–H groups in total. The molecule has 1 amide bonds. The summed E-state index contributed by atoms with van der Waals surface area (Å²) in [6.45, 7) is 4.83. The van der Waals surface area contributed by atoms with Gasteiger partial charge in [0.25, 0.3) is 5.56 Å². The van der Waals surface area contributed by atoms with Gasteiger partial charge in [-0.2, -0.15) is 0 Å². The zero-order valence-corrected chi connectivity index (χ0v) is 13.9. The van der Waals surface area contributed by atoms with Crippen molar-refractivity contribution in [2.75, 3.05) is 24.5 Å². The Hall–Kier alpha value is -2.56. The molecule has 24 heavy (non-hydrogen) atoms. The number of para-hydroxylation sites is 1. The lowest BCUT2D eigenvalue weighted by Crippen LogP contribution is -2.35. The van der Waals surface area contributed by atoms with E-state index in [1.807, 2.05) is 0 Å². The molecular formula is C19H23N3O2. The number of pyridine rings is 1. The van der Waals surface area contributed by atoms with Crippen LogP contribution in [0.3, 0.4) is 0 Å². The first-order valence-electron chi connectivity index (χ1n) is 8.36. The van der Waals surface area contributed by atoms with Crippen LogP contribution in [0.15, 0.2) is 53.5 Å². The summed E-state index contributed by atoms with van der Waals surface area (Å²) >= 11 is 0. The van der Waals surface area contributed by atoms with E-state index in [4.69, 9.17) is 0 Å². The van der Waals surface area contributed by atoms with Crippen LogP contribution in [-0.4, -0.2) is 30.1 Å². The van der Waals surface area contributed by atoms with Crippen LogP contribution < -0.4 is 15.8 Å². The van der Waals surface area contributed by atoms with Gasteiger partial charge in [-0.1, -0.05) is 24.3 Å². The van der Waals surface area contributed by atoms with E-state index in [2.05, 4.69) is 41.4 Å². The summed E-state index contributed by atoms with van der Waals surface area (Å²) < 4.78 is 1.42. The third kappa shape index (κ3) is 3.85. The number of nitrogens with zero attached hydrogens (tertiary/aromatic N) is 2. The Morgan fingerprint density at radius 3 is 2.79 bits per heavy atom.